The van der Waals surface area contributed by atoms with E-state index >= 15 is 0 Å². The number of hydrogen-bond donors (Lipinski definition) is 1. The van der Waals surface area contributed by atoms with Gasteiger partial charge < -0.3 is 9.84 Å². The molecule has 4 atom stereocenters. The van der Waals surface area contributed by atoms with Gasteiger partial charge in [0, 0.05) is 5.92 Å². The first-order valence-corrected chi connectivity index (χ1v) is 12.8. The minimum atomic E-state index is -0.634. The van der Waals surface area contributed by atoms with Gasteiger partial charge in [-0.2, -0.15) is 0 Å². The molecule has 188 valence electrons. The number of halogens is 1. The third-order valence-corrected chi connectivity index (χ3v) is 7.76. The normalized spacial score (nSPS) is 26.0. The lowest BCUT2D eigenvalue weighted by atomic mass is 9.68. The molecule has 3 aliphatic rings. The second kappa shape index (κ2) is 10.0. The van der Waals surface area contributed by atoms with Gasteiger partial charge in [0.2, 0.25) is 11.8 Å². The highest BCUT2D eigenvalue weighted by molar-refractivity contribution is 6.22. The number of fused-ring (bicyclic) bond motifs is 3. The van der Waals surface area contributed by atoms with Gasteiger partial charge in [0.25, 0.3) is 0 Å². The van der Waals surface area contributed by atoms with Crippen molar-refractivity contribution in [1.82, 2.24) is 0 Å². The first kappa shape index (κ1) is 24.4. The highest BCUT2D eigenvalue weighted by Gasteiger charge is 2.57. The van der Waals surface area contributed by atoms with Gasteiger partial charge in [0.05, 0.1) is 30.2 Å². The highest BCUT2D eigenvalue weighted by atomic mass is 19.1. The van der Waals surface area contributed by atoms with Gasteiger partial charge in [-0.15, -0.1) is 0 Å². The number of aromatic hydroxyl groups is 1. The summed E-state index contributed by atoms with van der Waals surface area (Å²) >= 11 is 0. The van der Waals surface area contributed by atoms with Crippen molar-refractivity contribution in [3.05, 3.63) is 76.6 Å². The number of ether oxygens (including phenoxy) is 1. The number of nitrogens with zero attached hydrogens (tertiary/aromatic N) is 1. The predicted molar refractivity (Wildman–Crippen MR) is 137 cm³/mol. The van der Waals surface area contributed by atoms with E-state index in [-0.39, 0.29) is 41.4 Å². The molecule has 36 heavy (non-hydrogen) atoms. The van der Waals surface area contributed by atoms with Crippen LogP contribution in [0.2, 0.25) is 0 Å². The third kappa shape index (κ3) is 4.39. The van der Waals surface area contributed by atoms with Crippen LogP contribution in [0.4, 0.5) is 10.1 Å². The Morgan fingerprint density at radius 2 is 1.92 bits per heavy atom. The van der Waals surface area contributed by atoms with Crippen molar-refractivity contribution >= 4 is 23.6 Å². The monoisotopic (exact) mass is 489 g/mol. The number of para-hydroxylation sites is 1. The van der Waals surface area contributed by atoms with E-state index in [1.165, 1.54) is 28.2 Å². The molecule has 2 aromatic carbocycles. The van der Waals surface area contributed by atoms with Crippen LogP contribution in [0.15, 0.2) is 65.3 Å². The summed E-state index contributed by atoms with van der Waals surface area (Å²) in [7, 11) is 0. The van der Waals surface area contributed by atoms with Gasteiger partial charge in [-0.3, -0.25) is 14.5 Å². The Bertz CT molecular complexity index is 1230. The van der Waals surface area contributed by atoms with E-state index in [9.17, 15) is 19.1 Å². The summed E-state index contributed by atoms with van der Waals surface area (Å²) in [5, 5.41) is 9.42. The van der Waals surface area contributed by atoms with Gasteiger partial charge in [0.1, 0.15) is 0 Å². The molecule has 0 saturated carbocycles. The van der Waals surface area contributed by atoms with E-state index < -0.39 is 5.82 Å². The van der Waals surface area contributed by atoms with Gasteiger partial charge in [-0.25, -0.2) is 4.39 Å². The molecule has 2 fully saturated rings. The molecule has 6 heteroatoms. The number of carbonyl (C=O) groups is 2. The molecule has 1 aliphatic carbocycles. The predicted octanol–water partition coefficient (Wildman–Crippen LogP) is 6.04. The van der Waals surface area contributed by atoms with Crippen molar-refractivity contribution in [2.24, 2.45) is 17.8 Å². The van der Waals surface area contributed by atoms with Gasteiger partial charge >= 0.3 is 0 Å². The summed E-state index contributed by atoms with van der Waals surface area (Å²) in [6.45, 7) is 4.61. The first-order valence-electron chi connectivity index (χ1n) is 12.8. The molecule has 0 bridgehead atoms. The molecular weight excluding hydrogens is 457 g/mol. The number of imide groups is 1. The van der Waals surface area contributed by atoms with E-state index in [1.54, 1.807) is 6.07 Å². The number of phenols is 1. The number of rotatable bonds is 7. The summed E-state index contributed by atoms with van der Waals surface area (Å²) in [5.74, 6) is -1.93. The maximum atomic E-state index is 13.7. The average Bonchev–Trinajstić information content (AvgIpc) is 3.39. The van der Waals surface area contributed by atoms with Crippen molar-refractivity contribution in [2.75, 3.05) is 11.5 Å². The van der Waals surface area contributed by atoms with Gasteiger partial charge in [-0.05, 0) is 68.0 Å². The lowest BCUT2D eigenvalue weighted by Gasteiger charge is -2.31. The summed E-state index contributed by atoms with van der Waals surface area (Å²) in [4.78, 5) is 28.3. The largest absolute Gasteiger partial charge is 0.505 e. The van der Waals surface area contributed by atoms with Crippen LogP contribution in [0.1, 0.15) is 51.5 Å². The first-order chi connectivity index (χ1) is 17.4. The van der Waals surface area contributed by atoms with Crippen LogP contribution in [0.5, 0.6) is 5.75 Å². The van der Waals surface area contributed by atoms with Crippen molar-refractivity contribution in [3.8, 4) is 5.75 Å². The Hall–Kier alpha value is -3.25. The van der Waals surface area contributed by atoms with Crippen molar-refractivity contribution in [2.45, 2.75) is 52.1 Å². The van der Waals surface area contributed by atoms with Crippen LogP contribution in [0, 0.1) is 23.6 Å². The zero-order valence-corrected chi connectivity index (χ0v) is 20.7. The molecule has 0 spiro atoms. The summed E-state index contributed by atoms with van der Waals surface area (Å²) in [6.07, 6.45) is 5.88. The van der Waals surface area contributed by atoms with E-state index in [0.29, 0.717) is 24.3 Å². The smallest absolute Gasteiger partial charge is 0.238 e. The lowest BCUT2D eigenvalue weighted by molar-refractivity contribution is -0.122. The molecule has 2 heterocycles. The lowest BCUT2D eigenvalue weighted by Crippen LogP contribution is -2.34. The summed E-state index contributed by atoms with van der Waals surface area (Å²) in [5.41, 5.74) is 4.95. The second-order valence-corrected chi connectivity index (χ2v) is 10.2. The molecule has 2 saturated heterocycles. The van der Waals surface area contributed by atoms with Gasteiger partial charge in [-0.1, -0.05) is 54.8 Å². The maximum Gasteiger partial charge on any atom is 0.238 e. The number of allylic oxidation sites excluding steroid dienone is 2. The second-order valence-electron chi connectivity index (χ2n) is 10.2. The van der Waals surface area contributed by atoms with Crippen LogP contribution >= 0.6 is 0 Å². The maximum absolute atomic E-state index is 13.7. The molecule has 5 rings (SSSR count). The van der Waals surface area contributed by atoms with E-state index in [0.717, 1.165) is 31.3 Å². The van der Waals surface area contributed by atoms with Crippen LogP contribution < -0.4 is 4.90 Å². The number of amides is 2. The number of carbonyl (C=O) groups excluding carboxylic acids is 2. The number of anilines is 1. The molecule has 5 nitrogen and oxygen atoms in total. The van der Waals surface area contributed by atoms with Crippen LogP contribution in [-0.2, 0) is 14.3 Å². The zero-order valence-electron chi connectivity index (χ0n) is 20.7. The minimum Gasteiger partial charge on any atom is -0.505 e. The topological polar surface area (TPSA) is 66.8 Å². The Morgan fingerprint density at radius 1 is 1.14 bits per heavy atom. The molecule has 1 N–H and O–H groups in total. The fourth-order valence-corrected chi connectivity index (χ4v) is 6.17. The van der Waals surface area contributed by atoms with Crippen LogP contribution in [0.3, 0.4) is 0 Å². The molecule has 2 aliphatic heterocycles. The molecule has 0 radical (unpaired) electrons. The van der Waals surface area contributed by atoms with Crippen molar-refractivity contribution < 1.29 is 23.8 Å². The Kier molecular flexibility index (Phi) is 6.80. The molecule has 0 aromatic heterocycles. The average molecular weight is 490 g/mol. The number of phenolic OH excluding ortho intramolecular Hbond substituents is 1. The van der Waals surface area contributed by atoms with Crippen LogP contribution in [0.25, 0.3) is 6.08 Å². The Morgan fingerprint density at radius 3 is 2.64 bits per heavy atom. The standard InChI is InChI=1S/C30H32FNO4/c1-3-7-20-16-22-28(30(35)32(29(22)34)21-8-5-4-6-9-21)23-17-36-26(27(20)23)13-10-18(2)14-19-11-12-25(33)24(31)15-19/h4-6,8-9,11-12,14-15,22-23,26,28,33H,3,7,10,13,16-17H2,1-2H3/b18-14+/t22-,23+,26-,28-/m1/s1. The Labute approximate surface area is 211 Å². The number of hydrogen-bond acceptors (Lipinski definition) is 4. The molecule has 2 aromatic rings. The summed E-state index contributed by atoms with van der Waals surface area (Å²) in [6, 6.07) is 13.6. The molecule has 2 amide bonds. The number of benzene rings is 2. The van der Waals surface area contributed by atoms with E-state index in [4.69, 9.17) is 4.74 Å². The van der Waals surface area contributed by atoms with Crippen molar-refractivity contribution in [3.63, 3.8) is 0 Å². The fourth-order valence-electron chi connectivity index (χ4n) is 6.17. The Balaban J connectivity index is 1.36. The van der Waals surface area contributed by atoms with Crippen molar-refractivity contribution in [1.29, 1.82) is 0 Å². The van der Waals surface area contributed by atoms with E-state index in [2.05, 4.69) is 6.92 Å². The highest BCUT2D eigenvalue weighted by Crippen LogP contribution is 2.51. The molecule has 0 unspecified atom stereocenters. The minimum absolute atomic E-state index is 0.0593. The zero-order chi connectivity index (χ0) is 25.4. The summed E-state index contributed by atoms with van der Waals surface area (Å²) < 4.78 is 20.0. The van der Waals surface area contributed by atoms with E-state index in [1.807, 2.05) is 43.3 Å². The van der Waals surface area contributed by atoms with Gasteiger partial charge in [0.15, 0.2) is 11.6 Å². The molecular formula is C30H32FNO4. The quantitative estimate of drug-likeness (QED) is 0.381. The third-order valence-electron chi connectivity index (χ3n) is 7.76. The van der Waals surface area contributed by atoms with Crippen LogP contribution in [-0.4, -0.2) is 29.6 Å². The fraction of sp³-hybridized carbons (Fsp3) is 0.400. The SMILES string of the molecule is CCCC1=C2[C@@H](CC/C(C)=C/c3ccc(O)c(F)c3)OC[C@@H]2[C@@H]2C(=O)N(c3ccccc3)C(=O)[C@@H]2C1.